The van der Waals surface area contributed by atoms with Crippen molar-refractivity contribution in [2.24, 2.45) is 0 Å². The van der Waals surface area contributed by atoms with Crippen LogP contribution in [-0.2, 0) is 13.0 Å². The van der Waals surface area contributed by atoms with Gasteiger partial charge in [-0.15, -0.1) is 0 Å². The third-order valence-corrected chi connectivity index (χ3v) is 4.42. The first-order chi connectivity index (χ1) is 9.96. The maximum absolute atomic E-state index is 13.3. The van der Waals surface area contributed by atoms with Gasteiger partial charge in [0.1, 0.15) is 5.82 Å². The summed E-state index contributed by atoms with van der Waals surface area (Å²) in [6, 6.07) is 15.3. The number of hydrogen-bond acceptors (Lipinski definition) is 1. The Labute approximate surface area is 134 Å². The quantitative estimate of drug-likeness (QED) is 0.765. The summed E-state index contributed by atoms with van der Waals surface area (Å²) in [5.74, 6) is -0.197. The van der Waals surface area contributed by atoms with Crippen molar-refractivity contribution in [2.75, 3.05) is 0 Å². The summed E-state index contributed by atoms with van der Waals surface area (Å²) in [4.78, 5) is 0. The smallest absolute Gasteiger partial charge is 0.123 e. The summed E-state index contributed by atoms with van der Waals surface area (Å²) >= 11 is 3.47. The van der Waals surface area contributed by atoms with Crippen molar-refractivity contribution < 1.29 is 4.39 Å². The largest absolute Gasteiger partial charge is 0.308 e. The van der Waals surface area contributed by atoms with Gasteiger partial charge in [-0.25, -0.2) is 4.39 Å². The number of aryl methyl sites for hydroxylation is 1. The zero-order chi connectivity index (χ0) is 15.3. The summed E-state index contributed by atoms with van der Waals surface area (Å²) in [7, 11) is 0. The molecule has 2 aromatic rings. The van der Waals surface area contributed by atoms with E-state index in [9.17, 15) is 4.39 Å². The Bertz CT molecular complexity index is 581. The Morgan fingerprint density at radius 1 is 1.10 bits per heavy atom. The predicted octanol–water partition coefficient (Wildman–Crippen LogP) is 5.09. The van der Waals surface area contributed by atoms with Crippen molar-refractivity contribution in [3.63, 3.8) is 0 Å². The van der Waals surface area contributed by atoms with Crippen LogP contribution in [0.1, 0.15) is 31.4 Å². The Kier molecular flexibility index (Phi) is 5.54. The molecule has 0 amide bonds. The molecular formula is C18H21BrFN. The van der Waals surface area contributed by atoms with Gasteiger partial charge in [0.2, 0.25) is 0 Å². The van der Waals surface area contributed by atoms with Crippen LogP contribution in [0.4, 0.5) is 4.39 Å². The highest BCUT2D eigenvalue weighted by Crippen LogP contribution is 2.20. The zero-order valence-corrected chi connectivity index (χ0v) is 14.1. The van der Waals surface area contributed by atoms with E-state index in [0.29, 0.717) is 6.54 Å². The van der Waals surface area contributed by atoms with Gasteiger partial charge in [0.25, 0.3) is 0 Å². The zero-order valence-electron chi connectivity index (χ0n) is 12.5. The summed E-state index contributed by atoms with van der Waals surface area (Å²) in [6.45, 7) is 5.02. The van der Waals surface area contributed by atoms with Crippen LogP contribution in [0.25, 0.3) is 0 Å². The number of hydrogen-bond donors (Lipinski definition) is 1. The average molecular weight is 350 g/mol. The highest BCUT2D eigenvalue weighted by atomic mass is 79.9. The molecule has 0 atom stereocenters. The molecule has 0 saturated heterocycles. The molecule has 0 fully saturated rings. The van der Waals surface area contributed by atoms with E-state index in [0.717, 1.165) is 22.9 Å². The van der Waals surface area contributed by atoms with Gasteiger partial charge in [0, 0.05) is 16.6 Å². The molecule has 0 aliphatic carbocycles. The molecule has 21 heavy (non-hydrogen) atoms. The summed E-state index contributed by atoms with van der Waals surface area (Å²) in [6.07, 6.45) is 2.06. The highest BCUT2D eigenvalue weighted by molar-refractivity contribution is 9.10. The molecule has 112 valence electrons. The molecular weight excluding hydrogens is 329 g/mol. The molecule has 1 N–H and O–H groups in total. The minimum atomic E-state index is -0.197. The number of rotatable bonds is 6. The number of halogens is 2. The van der Waals surface area contributed by atoms with E-state index in [1.54, 1.807) is 12.1 Å². The van der Waals surface area contributed by atoms with Crippen LogP contribution >= 0.6 is 15.9 Å². The second-order valence-corrected chi connectivity index (χ2v) is 6.81. The third-order valence-electron chi connectivity index (χ3n) is 3.65. The van der Waals surface area contributed by atoms with Crippen molar-refractivity contribution in [1.29, 1.82) is 0 Å². The maximum atomic E-state index is 13.3. The lowest BCUT2D eigenvalue weighted by molar-refractivity contribution is 0.360. The van der Waals surface area contributed by atoms with Crippen LogP contribution in [0.3, 0.4) is 0 Å². The van der Waals surface area contributed by atoms with E-state index in [4.69, 9.17) is 0 Å². The van der Waals surface area contributed by atoms with E-state index < -0.39 is 0 Å². The molecule has 0 unspecified atom stereocenters. The van der Waals surface area contributed by atoms with Gasteiger partial charge in [-0.1, -0.05) is 46.3 Å². The normalized spacial score (nSPS) is 11.6. The maximum Gasteiger partial charge on any atom is 0.123 e. The highest BCUT2D eigenvalue weighted by Gasteiger charge is 2.17. The first-order valence-corrected chi connectivity index (χ1v) is 7.98. The van der Waals surface area contributed by atoms with Gasteiger partial charge in [0.05, 0.1) is 0 Å². The SMILES string of the molecule is CC(C)(CCc1ccccc1)NCc1cc(F)ccc1Br. The van der Waals surface area contributed by atoms with E-state index in [1.165, 1.54) is 11.6 Å². The first kappa shape index (κ1) is 16.2. The average Bonchev–Trinajstić information content (AvgIpc) is 2.47. The Balaban J connectivity index is 1.90. The van der Waals surface area contributed by atoms with Gasteiger partial charge in [-0.3, -0.25) is 0 Å². The van der Waals surface area contributed by atoms with Crippen molar-refractivity contribution in [3.8, 4) is 0 Å². The van der Waals surface area contributed by atoms with Crippen molar-refractivity contribution >= 4 is 15.9 Å². The summed E-state index contributed by atoms with van der Waals surface area (Å²) < 4.78 is 14.2. The molecule has 0 saturated carbocycles. The molecule has 0 radical (unpaired) electrons. The molecule has 1 nitrogen and oxygen atoms in total. The van der Waals surface area contributed by atoms with Crippen LogP contribution in [0, 0.1) is 5.82 Å². The van der Waals surface area contributed by atoms with Crippen LogP contribution in [-0.4, -0.2) is 5.54 Å². The Hall–Kier alpha value is -1.19. The molecule has 0 aliphatic rings. The standard InChI is InChI=1S/C18H21BrFN/c1-18(2,11-10-14-6-4-3-5-7-14)21-13-15-12-16(20)8-9-17(15)19/h3-9,12,21H,10-11,13H2,1-2H3. The second kappa shape index (κ2) is 7.19. The first-order valence-electron chi connectivity index (χ1n) is 7.19. The van der Waals surface area contributed by atoms with Gasteiger partial charge < -0.3 is 5.32 Å². The monoisotopic (exact) mass is 349 g/mol. The lowest BCUT2D eigenvalue weighted by atomic mass is 9.95. The van der Waals surface area contributed by atoms with E-state index in [1.807, 2.05) is 6.07 Å². The van der Waals surface area contributed by atoms with Crippen molar-refractivity contribution in [3.05, 3.63) is 69.9 Å². The van der Waals surface area contributed by atoms with Crippen LogP contribution in [0.5, 0.6) is 0 Å². The molecule has 0 spiro atoms. The van der Waals surface area contributed by atoms with E-state index in [-0.39, 0.29) is 11.4 Å². The van der Waals surface area contributed by atoms with Gasteiger partial charge >= 0.3 is 0 Å². The Morgan fingerprint density at radius 3 is 2.52 bits per heavy atom. The lowest BCUT2D eigenvalue weighted by Gasteiger charge is -2.27. The minimum absolute atomic E-state index is 0.00159. The third kappa shape index (κ3) is 5.25. The fourth-order valence-corrected chi connectivity index (χ4v) is 2.59. The van der Waals surface area contributed by atoms with Gasteiger partial charge in [0.15, 0.2) is 0 Å². The van der Waals surface area contributed by atoms with E-state index in [2.05, 4.69) is 59.4 Å². The van der Waals surface area contributed by atoms with Gasteiger partial charge in [-0.2, -0.15) is 0 Å². The molecule has 0 bridgehead atoms. The Morgan fingerprint density at radius 2 is 1.81 bits per heavy atom. The molecule has 0 aliphatic heterocycles. The fourth-order valence-electron chi connectivity index (χ4n) is 2.20. The molecule has 3 heteroatoms. The topological polar surface area (TPSA) is 12.0 Å². The molecule has 0 heterocycles. The van der Waals surface area contributed by atoms with Gasteiger partial charge in [-0.05, 0) is 56.0 Å². The molecule has 0 aromatic heterocycles. The number of nitrogens with one attached hydrogen (secondary N) is 1. The second-order valence-electron chi connectivity index (χ2n) is 5.96. The van der Waals surface area contributed by atoms with Crippen LogP contribution in [0.2, 0.25) is 0 Å². The summed E-state index contributed by atoms with van der Waals surface area (Å²) in [5, 5.41) is 3.52. The van der Waals surface area contributed by atoms with Crippen molar-refractivity contribution in [1.82, 2.24) is 5.32 Å². The molecule has 2 aromatic carbocycles. The van der Waals surface area contributed by atoms with E-state index >= 15 is 0 Å². The van der Waals surface area contributed by atoms with Crippen LogP contribution < -0.4 is 5.32 Å². The number of benzene rings is 2. The summed E-state index contributed by atoms with van der Waals surface area (Å²) in [5.41, 5.74) is 2.30. The fraction of sp³-hybridized carbons (Fsp3) is 0.333. The predicted molar refractivity (Wildman–Crippen MR) is 89.8 cm³/mol. The van der Waals surface area contributed by atoms with Crippen molar-refractivity contribution in [2.45, 2.75) is 38.8 Å². The molecule has 2 rings (SSSR count). The minimum Gasteiger partial charge on any atom is -0.308 e. The lowest BCUT2D eigenvalue weighted by Crippen LogP contribution is -2.39. The van der Waals surface area contributed by atoms with Crippen LogP contribution in [0.15, 0.2) is 53.0 Å².